The summed E-state index contributed by atoms with van der Waals surface area (Å²) in [5.74, 6) is -0.923. The number of halogens is 2. The quantitative estimate of drug-likeness (QED) is 0.905. The van der Waals surface area contributed by atoms with E-state index in [-0.39, 0.29) is 6.04 Å². The molecule has 1 aliphatic heterocycles. The van der Waals surface area contributed by atoms with Crippen molar-refractivity contribution in [2.45, 2.75) is 39.3 Å². The molecule has 0 radical (unpaired) electrons. The first-order valence-electron chi connectivity index (χ1n) is 6.93. The fourth-order valence-corrected chi connectivity index (χ4v) is 2.71. The van der Waals surface area contributed by atoms with Gasteiger partial charge in [0.05, 0.1) is 5.69 Å². The second-order valence-corrected chi connectivity index (χ2v) is 5.81. The van der Waals surface area contributed by atoms with Gasteiger partial charge < -0.3 is 10.2 Å². The molecular formula is C15H22F2N2. The molecule has 1 N–H and O–H groups in total. The Morgan fingerprint density at radius 1 is 1.37 bits per heavy atom. The fraction of sp³-hybridized carbons (Fsp3) is 0.600. The molecule has 0 bridgehead atoms. The molecule has 1 saturated heterocycles. The van der Waals surface area contributed by atoms with Gasteiger partial charge in [0.1, 0.15) is 0 Å². The second kappa shape index (κ2) is 5.87. The van der Waals surface area contributed by atoms with Gasteiger partial charge in [-0.05, 0) is 31.4 Å². The molecule has 106 valence electrons. The number of hydrogen-bond donors (Lipinski definition) is 1. The summed E-state index contributed by atoms with van der Waals surface area (Å²) in [5.41, 5.74) is 0.378. The molecule has 4 heteroatoms. The summed E-state index contributed by atoms with van der Waals surface area (Å²) in [6.45, 7) is 7.90. The molecule has 2 nitrogen and oxygen atoms in total. The summed E-state index contributed by atoms with van der Waals surface area (Å²) in [6, 6.07) is 4.89. The molecular weight excluding hydrogens is 246 g/mol. The number of benzene rings is 1. The molecule has 0 aliphatic carbocycles. The smallest absolute Gasteiger partial charge is 0.182 e. The average Bonchev–Trinajstić information content (AvgIpc) is 2.35. The highest BCUT2D eigenvalue weighted by atomic mass is 19.2. The number of anilines is 1. The number of nitrogens with zero attached hydrogens (tertiary/aromatic N) is 1. The van der Waals surface area contributed by atoms with Gasteiger partial charge in [0.25, 0.3) is 0 Å². The van der Waals surface area contributed by atoms with Gasteiger partial charge in [0.2, 0.25) is 0 Å². The lowest BCUT2D eigenvalue weighted by Crippen LogP contribution is -2.56. The number of rotatable bonds is 3. The van der Waals surface area contributed by atoms with E-state index < -0.39 is 11.6 Å². The van der Waals surface area contributed by atoms with Crippen LogP contribution in [0.1, 0.15) is 27.2 Å². The standard InChI is InChI=1S/C15H22F2N2/c1-10(2)7-12-9-19(11(3)8-18-12)14-6-4-5-13(16)15(14)17/h4-6,10-12,18H,7-9H2,1-3H3. The van der Waals surface area contributed by atoms with Crippen LogP contribution in [0.4, 0.5) is 14.5 Å². The van der Waals surface area contributed by atoms with Crippen LogP contribution in [-0.4, -0.2) is 25.2 Å². The van der Waals surface area contributed by atoms with Gasteiger partial charge in [-0.15, -0.1) is 0 Å². The molecule has 0 saturated carbocycles. The van der Waals surface area contributed by atoms with Crippen molar-refractivity contribution >= 4 is 5.69 Å². The Kier molecular flexibility index (Phi) is 4.40. The van der Waals surface area contributed by atoms with Crippen LogP contribution in [0.25, 0.3) is 0 Å². The van der Waals surface area contributed by atoms with Gasteiger partial charge in [-0.1, -0.05) is 19.9 Å². The van der Waals surface area contributed by atoms with Crippen LogP contribution in [0.3, 0.4) is 0 Å². The minimum Gasteiger partial charge on any atom is -0.364 e. The molecule has 0 aromatic heterocycles. The molecule has 1 aromatic rings. The maximum absolute atomic E-state index is 13.9. The van der Waals surface area contributed by atoms with Gasteiger partial charge in [-0.3, -0.25) is 0 Å². The zero-order chi connectivity index (χ0) is 14.0. The largest absolute Gasteiger partial charge is 0.364 e. The lowest BCUT2D eigenvalue weighted by atomic mass is 9.99. The minimum atomic E-state index is -0.774. The third-order valence-electron chi connectivity index (χ3n) is 3.65. The van der Waals surface area contributed by atoms with E-state index in [0.717, 1.165) is 25.6 Å². The lowest BCUT2D eigenvalue weighted by molar-refractivity contribution is 0.352. The first kappa shape index (κ1) is 14.3. The topological polar surface area (TPSA) is 15.3 Å². The van der Waals surface area contributed by atoms with E-state index in [0.29, 0.717) is 17.6 Å². The molecule has 1 heterocycles. The normalized spacial score (nSPS) is 24.0. The summed E-state index contributed by atoms with van der Waals surface area (Å²) in [4.78, 5) is 1.97. The van der Waals surface area contributed by atoms with Crippen molar-refractivity contribution < 1.29 is 8.78 Å². The van der Waals surface area contributed by atoms with Gasteiger partial charge in [-0.25, -0.2) is 8.78 Å². The fourth-order valence-electron chi connectivity index (χ4n) is 2.71. The Hall–Kier alpha value is -1.16. The Balaban J connectivity index is 2.19. The summed E-state index contributed by atoms with van der Waals surface area (Å²) < 4.78 is 27.3. The predicted molar refractivity (Wildman–Crippen MR) is 74.4 cm³/mol. The van der Waals surface area contributed by atoms with Crippen molar-refractivity contribution in [2.24, 2.45) is 5.92 Å². The Labute approximate surface area is 113 Å². The van der Waals surface area contributed by atoms with Gasteiger partial charge in [0.15, 0.2) is 11.6 Å². The van der Waals surface area contributed by atoms with Crippen LogP contribution in [0.15, 0.2) is 18.2 Å². The molecule has 1 aromatic carbocycles. The summed E-state index contributed by atoms with van der Waals surface area (Å²) in [6.07, 6.45) is 1.04. The van der Waals surface area contributed by atoms with E-state index in [9.17, 15) is 8.78 Å². The van der Waals surface area contributed by atoms with E-state index >= 15 is 0 Å². The van der Waals surface area contributed by atoms with E-state index in [1.54, 1.807) is 12.1 Å². The van der Waals surface area contributed by atoms with Crippen molar-refractivity contribution in [2.75, 3.05) is 18.0 Å². The first-order valence-corrected chi connectivity index (χ1v) is 6.93. The Morgan fingerprint density at radius 3 is 2.79 bits per heavy atom. The van der Waals surface area contributed by atoms with Crippen molar-refractivity contribution in [3.05, 3.63) is 29.8 Å². The van der Waals surface area contributed by atoms with Crippen molar-refractivity contribution in [1.29, 1.82) is 0 Å². The molecule has 2 atom stereocenters. The molecule has 1 aliphatic rings. The van der Waals surface area contributed by atoms with Crippen LogP contribution in [0.2, 0.25) is 0 Å². The Morgan fingerprint density at radius 2 is 2.11 bits per heavy atom. The number of hydrogen-bond acceptors (Lipinski definition) is 2. The van der Waals surface area contributed by atoms with E-state index in [2.05, 4.69) is 19.2 Å². The highest BCUT2D eigenvalue weighted by Crippen LogP contribution is 2.26. The highest BCUT2D eigenvalue weighted by molar-refractivity contribution is 5.49. The zero-order valence-electron chi connectivity index (χ0n) is 11.8. The molecule has 2 rings (SSSR count). The van der Waals surface area contributed by atoms with E-state index in [1.165, 1.54) is 0 Å². The predicted octanol–water partition coefficient (Wildman–Crippen LogP) is 3.18. The van der Waals surface area contributed by atoms with Crippen molar-refractivity contribution in [3.8, 4) is 0 Å². The summed E-state index contributed by atoms with van der Waals surface area (Å²) in [7, 11) is 0. The monoisotopic (exact) mass is 268 g/mol. The lowest BCUT2D eigenvalue weighted by Gasteiger charge is -2.41. The van der Waals surface area contributed by atoms with Crippen molar-refractivity contribution in [3.63, 3.8) is 0 Å². The Bertz CT molecular complexity index is 434. The molecule has 19 heavy (non-hydrogen) atoms. The molecule has 0 amide bonds. The molecule has 2 unspecified atom stereocenters. The van der Waals surface area contributed by atoms with Crippen LogP contribution >= 0.6 is 0 Å². The van der Waals surface area contributed by atoms with Crippen LogP contribution in [0, 0.1) is 17.6 Å². The van der Waals surface area contributed by atoms with E-state index in [1.807, 2.05) is 11.8 Å². The van der Waals surface area contributed by atoms with Crippen LogP contribution < -0.4 is 10.2 Å². The van der Waals surface area contributed by atoms with Crippen LogP contribution in [-0.2, 0) is 0 Å². The van der Waals surface area contributed by atoms with E-state index in [4.69, 9.17) is 0 Å². The minimum absolute atomic E-state index is 0.166. The SMILES string of the molecule is CC(C)CC1CN(c2cccc(F)c2F)C(C)CN1. The molecule has 0 spiro atoms. The summed E-state index contributed by atoms with van der Waals surface area (Å²) >= 11 is 0. The maximum Gasteiger partial charge on any atom is 0.182 e. The zero-order valence-corrected chi connectivity index (χ0v) is 11.8. The van der Waals surface area contributed by atoms with Gasteiger partial charge in [-0.2, -0.15) is 0 Å². The van der Waals surface area contributed by atoms with Crippen LogP contribution in [0.5, 0.6) is 0 Å². The second-order valence-electron chi connectivity index (χ2n) is 5.81. The highest BCUT2D eigenvalue weighted by Gasteiger charge is 2.27. The maximum atomic E-state index is 13.9. The third-order valence-corrected chi connectivity index (χ3v) is 3.65. The average molecular weight is 268 g/mol. The first-order chi connectivity index (χ1) is 8.99. The number of nitrogens with one attached hydrogen (secondary N) is 1. The molecule has 1 fully saturated rings. The van der Waals surface area contributed by atoms with Gasteiger partial charge >= 0.3 is 0 Å². The van der Waals surface area contributed by atoms with Crippen molar-refractivity contribution in [1.82, 2.24) is 5.32 Å². The number of piperazine rings is 1. The summed E-state index contributed by atoms with van der Waals surface area (Å²) in [5, 5.41) is 3.48. The third kappa shape index (κ3) is 3.24. The van der Waals surface area contributed by atoms with Gasteiger partial charge in [0, 0.05) is 25.2 Å².